The van der Waals surface area contributed by atoms with E-state index in [9.17, 15) is 0 Å². The Balaban J connectivity index is 0.000000117. The molecule has 0 saturated heterocycles. The van der Waals surface area contributed by atoms with E-state index in [4.69, 9.17) is 37.9 Å². The first kappa shape index (κ1) is 62.7. The molecule has 0 spiro atoms. The molecule has 19 saturated carbocycles. The van der Waals surface area contributed by atoms with Crippen molar-refractivity contribution in [1.29, 1.82) is 0 Å². The molecule has 77 heavy (non-hydrogen) atoms. The van der Waals surface area contributed by atoms with E-state index in [0.717, 1.165) is 89.8 Å². The van der Waals surface area contributed by atoms with Crippen molar-refractivity contribution in [2.75, 3.05) is 56.9 Å². The molecule has 8 heteroatoms. The largest absolute Gasteiger partial charge is 0.381 e. The van der Waals surface area contributed by atoms with Crippen molar-refractivity contribution < 1.29 is 37.9 Å². The third-order valence-corrected chi connectivity index (χ3v) is 24.8. The standard InChI is InChI=1S/2C11H18O.2C9H16O.2C8H14O.C7H14O.C6H14O/c1-12-11-5-8-2-9(6-11)4-10(3-8)7-11;1-12-11-9-3-7-2-8(5-9)6-10(11)4-7;1-10-9-5-2-8(3-6-9)4-7-9;1-10-9-6-7-2-4-8(9)5-3-7;1-9-8-4-2-7(6-8)3-5-8;1-9-8-5-6-2-3-7(8)4-6;1-8-7-5-3-2-4-6-7;1-4-6(5-2)7-3/h8-10H,2-7H2,1H3;7-11H,2-6H2,1H3;8H,2-7H2,1H3;7-9H,2-6H2,1H3;7H,2-6H2,1H3;6-8H,2-5H2,1H3;7H,2-6H2,1H3;6H,4-5H2,1-3H3. The van der Waals surface area contributed by atoms with Crippen LogP contribution in [0, 0.1) is 76.9 Å². The van der Waals surface area contributed by atoms with Gasteiger partial charge in [0.15, 0.2) is 0 Å². The molecule has 19 aliphatic rings. The maximum Gasteiger partial charge on any atom is 0.0686 e. The number of methoxy groups -OCH3 is 8. The topological polar surface area (TPSA) is 73.8 Å². The average molecular weight is 1080 g/mol. The van der Waals surface area contributed by atoms with E-state index >= 15 is 0 Å². The fourth-order valence-electron chi connectivity index (χ4n) is 20.5. The van der Waals surface area contributed by atoms with Crippen molar-refractivity contribution >= 4 is 0 Å². The summed E-state index contributed by atoms with van der Waals surface area (Å²) in [4.78, 5) is 0. The minimum atomic E-state index is 0.328. The molecule has 0 aromatic heterocycles. The summed E-state index contributed by atoms with van der Waals surface area (Å²) < 4.78 is 43.4. The van der Waals surface area contributed by atoms with Crippen LogP contribution < -0.4 is 0 Å². The fourth-order valence-corrected chi connectivity index (χ4v) is 20.5. The monoisotopic (exact) mass is 1080 g/mol. The van der Waals surface area contributed by atoms with Crippen LogP contribution in [-0.4, -0.2) is 104 Å². The van der Waals surface area contributed by atoms with E-state index in [0.29, 0.717) is 47.3 Å². The third-order valence-electron chi connectivity index (χ3n) is 24.8. The van der Waals surface area contributed by atoms with Gasteiger partial charge in [0.05, 0.1) is 47.3 Å². The van der Waals surface area contributed by atoms with Crippen LogP contribution in [0.15, 0.2) is 0 Å². The molecular weight excluding hydrogens is 957 g/mol. The molecule has 4 atom stereocenters. The highest BCUT2D eigenvalue weighted by molar-refractivity contribution is 5.03. The summed E-state index contributed by atoms with van der Waals surface area (Å²) in [6.07, 6.45) is 56.1. The minimum Gasteiger partial charge on any atom is -0.381 e. The van der Waals surface area contributed by atoms with Gasteiger partial charge in [-0.1, -0.05) is 33.1 Å². The Morgan fingerprint density at radius 1 is 0.325 bits per heavy atom. The lowest BCUT2D eigenvalue weighted by molar-refractivity contribution is -0.145. The molecule has 8 nitrogen and oxygen atoms in total. The van der Waals surface area contributed by atoms with Crippen LogP contribution in [0.2, 0.25) is 0 Å². The fraction of sp³-hybridized carbons (Fsp3) is 1.00. The third kappa shape index (κ3) is 17.0. The average Bonchev–Trinajstić information content (AvgIpc) is 4.36. The number of ether oxygens (including phenoxy) is 8. The number of fused-ring (bicyclic) bond motifs is 10. The quantitative estimate of drug-likeness (QED) is 0.214. The Morgan fingerprint density at radius 3 is 1.05 bits per heavy atom. The smallest absolute Gasteiger partial charge is 0.0686 e. The molecule has 0 aliphatic heterocycles. The van der Waals surface area contributed by atoms with E-state index in [-0.39, 0.29) is 0 Å². The molecule has 448 valence electrons. The van der Waals surface area contributed by atoms with Crippen molar-refractivity contribution in [3.8, 4) is 0 Å². The Labute approximate surface area is 474 Å². The summed E-state index contributed by atoms with van der Waals surface area (Å²) >= 11 is 0. The maximum atomic E-state index is 5.75. The van der Waals surface area contributed by atoms with Crippen molar-refractivity contribution in [2.24, 2.45) is 76.9 Å². The van der Waals surface area contributed by atoms with Crippen LogP contribution in [0.25, 0.3) is 0 Å². The molecular formula is C69H124O8. The molecule has 19 rings (SSSR count). The van der Waals surface area contributed by atoms with Crippen LogP contribution in [0.1, 0.15) is 258 Å². The van der Waals surface area contributed by atoms with E-state index in [1.54, 1.807) is 13.5 Å². The molecule has 4 unspecified atom stereocenters. The van der Waals surface area contributed by atoms with Gasteiger partial charge in [-0.3, -0.25) is 0 Å². The van der Waals surface area contributed by atoms with Gasteiger partial charge in [0.2, 0.25) is 0 Å². The molecule has 0 radical (unpaired) electrons. The summed E-state index contributed by atoms with van der Waals surface area (Å²) in [7, 11) is 14.9. The molecule has 0 N–H and O–H groups in total. The second-order valence-corrected chi connectivity index (χ2v) is 29.2. The highest BCUT2D eigenvalue weighted by Crippen LogP contribution is 2.58. The highest BCUT2D eigenvalue weighted by Gasteiger charge is 2.52. The normalized spacial score (nSPS) is 44.1. The summed E-state index contributed by atoms with van der Waals surface area (Å²) in [5.74, 6) is 13.1. The predicted octanol–water partition coefficient (Wildman–Crippen LogP) is 17.2. The van der Waals surface area contributed by atoms with Crippen molar-refractivity contribution in [2.45, 2.75) is 305 Å². The Bertz CT molecular complexity index is 1530. The van der Waals surface area contributed by atoms with Crippen LogP contribution >= 0.6 is 0 Å². The maximum absolute atomic E-state index is 5.75. The minimum absolute atomic E-state index is 0.328. The highest BCUT2D eigenvalue weighted by atomic mass is 16.5. The predicted molar refractivity (Wildman–Crippen MR) is 315 cm³/mol. The van der Waals surface area contributed by atoms with Gasteiger partial charge in [-0.05, 0) is 302 Å². The second kappa shape index (κ2) is 30.5. The van der Waals surface area contributed by atoms with E-state index in [1.165, 1.54) is 225 Å². The molecule has 0 heterocycles. The lowest BCUT2D eigenvalue weighted by Gasteiger charge is -2.55. The van der Waals surface area contributed by atoms with Gasteiger partial charge in [-0.2, -0.15) is 0 Å². The number of rotatable bonds is 10. The van der Waals surface area contributed by atoms with Crippen LogP contribution in [-0.2, 0) is 37.9 Å². The summed E-state index contributed by atoms with van der Waals surface area (Å²) in [6, 6.07) is 0. The van der Waals surface area contributed by atoms with Gasteiger partial charge in [0.25, 0.3) is 0 Å². The first-order valence-corrected chi connectivity index (χ1v) is 33.7. The second-order valence-electron chi connectivity index (χ2n) is 29.2. The molecule has 16 bridgehead atoms. The van der Waals surface area contributed by atoms with Gasteiger partial charge in [-0.25, -0.2) is 0 Å². The van der Waals surface area contributed by atoms with Gasteiger partial charge in [0, 0.05) is 56.9 Å². The molecule has 19 aliphatic carbocycles. The zero-order valence-corrected chi connectivity index (χ0v) is 52.0. The van der Waals surface area contributed by atoms with E-state index in [2.05, 4.69) is 13.8 Å². The first-order valence-electron chi connectivity index (χ1n) is 33.7. The zero-order chi connectivity index (χ0) is 54.4. The van der Waals surface area contributed by atoms with Gasteiger partial charge in [-0.15, -0.1) is 0 Å². The molecule has 0 aromatic carbocycles. The number of hydrogen-bond acceptors (Lipinski definition) is 8. The molecule has 0 aromatic rings. The van der Waals surface area contributed by atoms with Gasteiger partial charge < -0.3 is 37.9 Å². The Hall–Kier alpha value is -0.320. The van der Waals surface area contributed by atoms with Gasteiger partial charge >= 0.3 is 0 Å². The number of hydrogen-bond donors (Lipinski definition) is 0. The van der Waals surface area contributed by atoms with Crippen molar-refractivity contribution in [3.05, 3.63) is 0 Å². The summed E-state index contributed by atoms with van der Waals surface area (Å²) in [6.45, 7) is 4.27. The Morgan fingerprint density at radius 2 is 0.753 bits per heavy atom. The molecule has 19 fully saturated rings. The van der Waals surface area contributed by atoms with E-state index in [1.807, 2.05) is 49.8 Å². The first-order chi connectivity index (χ1) is 37.4. The van der Waals surface area contributed by atoms with Crippen LogP contribution in [0.4, 0.5) is 0 Å². The Kier molecular flexibility index (Phi) is 24.8. The van der Waals surface area contributed by atoms with Crippen LogP contribution in [0.3, 0.4) is 0 Å². The summed E-state index contributed by atoms with van der Waals surface area (Å²) in [5, 5.41) is 0. The van der Waals surface area contributed by atoms with Crippen molar-refractivity contribution in [1.82, 2.24) is 0 Å². The summed E-state index contributed by atoms with van der Waals surface area (Å²) in [5.41, 5.74) is 1.02. The SMILES string of the molecule is CCC(CC)OC.COC12CC3CC(CC(C3)C1)C2.COC12CCC(CC1)C2.COC12CCC(CC1)CC2.COC1C2CC3CC(C2)CC1C3.COC1CC2CCC1C2.COC1CC2CCC1CC2.COC1CCCCC1. The van der Waals surface area contributed by atoms with Crippen LogP contribution in [0.5, 0.6) is 0 Å². The zero-order valence-electron chi connectivity index (χ0n) is 52.0. The van der Waals surface area contributed by atoms with E-state index < -0.39 is 0 Å². The van der Waals surface area contributed by atoms with Gasteiger partial charge in [0.1, 0.15) is 0 Å². The lowest BCUT2D eigenvalue weighted by Crippen LogP contribution is -2.51. The van der Waals surface area contributed by atoms with Crippen molar-refractivity contribution in [3.63, 3.8) is 0 Å². The lowest BCUT2D eigenvalue weighted by atomic mass is 9.54. The molecule has 0 amide bonds.